The summed E-state index contributed by atoms with van der Waals surface area (Å²) in [6.07, 6.45) is -0.421. The summed E-state index contributed by atoms with van der Waals surface area (Å²) in [6.45, 7) is 0. The maximum absolute atomic E-state index is 10.7. The van der Waals surface area contributed by atoms with E-state index in [9.17, 15) is 4.79 Å². The summed E-state index contributed by atoms with van der Waals surface area (Å²) >= 11 is 0. The lowest BCUT2D eigenvalue weighted by atomic mass is 10.3. The van der Waals surface area contributed by atoms with Gasteiger partial charge in [-0.05, 0) is 0 Å². The van der Waals surface area contributed by atoms with Crippen molar-refractivity contribution in [3.63, 3.8) is 0 Å². The molecule has 5 heteroatoms. The molecule has 2 atom stereocenters. The van der Waals surface area contributed by atoms with E-state index in [1.807, 2.05) is 0 Å². The van der Waals surface area contributed by atoms with Crippen LogP contribution in [0, 0.1) is 0 Å². The fourth-order valence-corrected chi connectivity index (χ4v) is 0.827. The first-order valence-electron chi connectivity index (χ1n) is 3.06. The normalized spacial score (nSPS) is 33.6. The molecule has 0 aromatic carbocycles. The lowest BCUT2D eigenvalue weighted by molar-refractivity contribution is -0.130. The lowest BCUT2D eigenvalue weighted by Gasteiger charge is -2.27. The number of methoxy groups -OCH3 is 1. The fraction of sp³-hybridized carbons (Fsp3) is 0.800. The van der Waals surface area contributed by atoms with Crippen molar-refractivity contribution in [1.29, 1.82) is 0 Å². The molecule has 1 aliphatic heterocycles. The number of carbonyl (C=O) groups is 1. The largest absolute Gasteiger partial charge is 0.348 e. The zero-order chi connectivity index (χ0) is 7.56. The van der Waals surface area contributed by atoms with E-state index in [-0.39, 0.29) is 12.1 Å². The molecule has 1 aliphatic rings. The number of ether oxygens (including phenoxy) is 1. The first kappa shape index (κ1) is 7.46. The summed E-state index contributed by atoms with van der Waals surface area (Å²) < 4.78 is 4.81. The predicted molar refractivity (Wildman–Crippen MR) is 34.7 cm³/mol. The monoisotopic (exact) mass is 145 g/mol. The molecule has 5 nitrogen and oxygen atoms in total. The van der Waals surface area contributed by atoms with Gasteiger partial charge in [0.15, 0.2) is 6.35 Å². The Morgan fingerprint density at radius 1 is 1.80 bits per heavy atom. The molecule has 0 radical (unpaired) electrons. The number of nitrogens with two attached hydrogens (primary N) is 1. The predicted octanol–water partition coefficient (Wildman–Crippen LogP) is -1.69. The Bertz CT molecular complexity index is 139. The molecule has 0 saturated carbocycles. The van der Waals surface area contributed by atoms with Crippen LogP contribution in [0.4, 0.5) is 0 Å². The minimum Gasteiger partial charge on any atom is -0.348 e. The summed E-state index contributed by atoms with van der Waals surface area (Å²) in [7, 11) is 1.50. The quantitative estimate of drug-likeness (QED) is 0.411. The second-order valence-electron chi connectivity index (χ2n) is 2.16. The van der Waals surface area contributed by atoms with Gasteiger partial charge >= 0.3 is 0 Å². The third-order valence-corrected chi connectivity index (χ3v) is 1.30. The van der Waals surface area contributed by atoms with E-state index in [0.717, 1.165) is 0 Å². The Balaban J connectivity index is 2.42. The average molecular weight is 145 g/mol. The van der Waals surface area contributed by atoms with Crippen LogP contribution in [0.25, 0.3) is 0 Å². The fourth-order valence-electron chi connectivity index (χ4n) is 0.827. The zero-order valence-electron chi connectivity index (χ0n) is 5.76. The molecule has 0 aromatic heterocycles. The molecule has 0 spiro atoms. The minimum absolute atomic E-state index is 0.0851. The molecular weight excluding hydrogens is 134 g/mol. The molecule has 2 unspecified atom stereocenters. The van der Waals surface area contributed by atoms with Crippen molar-refractivity contribution in [2.45, 2.75) is 18.9 Å². The number of nitrogens with one attached hydrogen (secondary N) is 2. The van der Waals surface area contributed by atoms with Gasteiger partial charge in [-0.1, -0.05) is 0 Å². The first-order valence-corrected chi connectivity index (χ1v) is 3.06. The van der Waals surface area contributed by atoms with Crippen LogP contribution in [0.15, 0.2) is 0 Å². The van der Waals surface area contributed by atoms with E-state index in [0.29, 0.717) is 6.42 Å². The van der Waals surface area contributed by atoms with E-state index in [4.69, 9.17) is 10.5 Å². The van der Waals surface area contributed by atoms with Gasteiger partial charge in [-0.2, -0.15) is 0 Å². The van der Waals surface area contributed by atoms with Gasteiger partial charge in [0.1, 0.15) is 0 Å². The second kappa shape index (κ2) is 2.96. The SMILES string of the molecule is COC1NC(=O)CC(N)N1. The summed E-state index contributed by atoms with van der Waals surface area (Å²) in [4.78, 5) is 10.7. The van der Waals surface area contributed by atoms with Gasteiger partial charge in [0.05, 0.1) is 12.6 Å². The zero-order valence-corrected chi connectivity index (χ0v) is 5.76. The number of carbonyl (C=O) groups excluding carboxylic acids is 1. The van der Waals surface area contributed by atoms with E-state index in [1.165, 1.54) is 7.11 Å². The molecule has 0 aliphatic carbocycles. The van der Waals surface area contributed by atoms with Crippen molar-refractivity contribution in [3.05, 3.63) is 0 Å². The Morgan fingerprint density at radius 2 is 2.50 bits per heavy atom. The molecule has 1 saturated heterocycles. The van der Waals surface area contributed by atoms with Crippen molar-refractivity contribution in [2.75, 3.05) is 7.11 Å². The lowest BCUT2D eigenvalue weighted by Crippen LogP contribution is -2.60. The van der Waals surface area contributed by atoms with E-state index in [2.05, 4.69) is 10.6 Å². The van der Waals surface area contributed by atoms with Crippen LogP contribution in [-0.4, -0.2) is 25.5 Å². The molecule has 0 bridgehead atoms. The van der Waals surface area contributed by atoms with Crippen molar-refractivity contribution >= 4 is 5.91 Å². The molecule has 1 amide bonds. The number of hydrogen-bond donors (Lipinski definition) is 3. The van der Waals surface area contributed by atoms with Gasteiger partial charge in [0.2, 0.25) is 5.91 Å². The summed E-state index contributed by atoms with van der Waals surface area (Å²) in [5.41, 5.74) is 5.44. The Labute approximate surface area is 58.9 Å². The maximum atomic E-state index is 10.7. The van der Waals surface area contributed by atoms with Crippen LogP contribution in [0.5, 0.6) is 0 Å². The standard InChI is InChI=1S/C5H11N3O2/c1-10-5-7-3(6)2-4(9)8-5/h3,5,7H,2,6H2,1H3,(H,8,9). The maximum Gasteiger partial charge on any atom is 0.225 e. The van der Waals surface area contributed by atoms with E-state index < -0.39 is 6.35 Å². The van der Waals surface area contributed by atoms with Gasteiger partial charge in [0, 0.05) is 7.11 Å². The number of hydrogen-bond acceptors (Lipinski definition) is 4. The molecule has 1 fully saturated rings. The van der Waals surface area contributed by atoms with Gasteiger partial charge in [-0.25, -0.2) is 0 Å². The second-order valence-corrected chi connectivity index (χ2v) is 2.16. The number of rotatable bonds is 1. The van der Waals surface area contributed by atoms with Crippen LogP contribution in [0.1, 0.15) is 6.42 Å². The highest BCUT2D eigenvalue weighted by atomic mass is 16.5. The molecule has 1 rings (SSSR count). The summed E-state index contributed by atoms with van der Waals surface area (Å²) in [5, 5.41) is 5.36. The molecular formula is C5H11N3O2. The van der Waals surface area contributed by atoms with E-state index in [1.54, 1.807) is 0 Å². The van der Waals surface area contributed by atoms with Crippen LogP contribution in [0.3, 0.4) is 0 Å². The van der Waals surface area contributed by atoms with Crippen molar-refractivity contribution in [1.82, 2.24) is 10.6 Å². The van der Waals surface area contributed by atoms with Crippen LogP contribution < -0.4 is 16.4 Å². The third-order valence-electron chi connectivity index (χ3n) is 1.30. The van der Waals surface area contributed by atoms with Gasteiger partial charge < -0.3 is 15.8 Å². The van der Waals surface area contributed by atoms with Crippen LogP contribution in [0.2, 0.25) is 0 Å². The molecule has 10 heavy (non-hydrogen) atoms. The summed E-state index contributed by atoms with van der Waals surface area (Å²) in [5.74, 6) is -0.0851. The average Bonchev–Trinajstić information content (AvgIpc) is 1.85. The highest BCUT2D eigenvalue weighted by Gasteiger charge is 2.21. The molecule has 4 N–H and O–H groups in total. The molecule has 0 aromatic rings. The first-order chi connectivity index (χ1) is 4.72. The van der Waals surface area contributed by atoms with Crippen molar-refractivity contribution in [2.24, 2.45) is 5.73 Å². The van der Waals surface area contributed by atoms with Crippen molar-refractivity contribution < 1.29 is 9.53 Å². The van der Waals surface area contributed by atoms with Gasteiger partial charge in [-0.15, -0.1) is 0 Å². The highest BCUT2D eigenvalue weighted by molar-refractivity contribution is 5.77. The Kier molecular flexibility index (Phi) is 2.21. The summed E-state index contributed by atoms with van der Waals surface area (Å²) in [6, 6.07) is 0. The Hall–Kier alpha value is -0.650. The highest BCUT2D eigenvalue weighted by Crippen LogP contribution is 1.94. The van der Waals surface area contributed by atoms with Crippen LogP contribution in [-0.2, 0) is 9.53 Å². The minimum atomic E-state index is -0.434. The smallest absolute Gasteiger partial charge is 0.225 e. The van der Waals surface area contributed by atoms with E-state index >= 15 is 0 Å². The van der Waals surface area contributed by atoms with Gasteiger partial charge in [-0.3, -0.25) is 10.1 Å². The third kappa shape index (κ3) is 1.66. The molecule has 1 heterocycles. The molecule has 58 valence electrons. The van der Waals surface area contributed by atoms with Gasteiger partial charge in [0.25, 0.3) is 0 Å². The van der Waals surface area contributed by atoms with Crippen molar-refractivity contribution in [3.8, 4) is 0 Å². The Morgan fingerprint density at radius 3 is 3.00 bits per heavy atom. The topological polar surface area (TPSA) is 76.4 Å². The number of amides is 1. The van der Waals surface area contributed by atoms with Crippen LogP contribution >= 0.6 is 0 Å².